The molecule has 114 valence electrons. The number of hydrogen-bond donors (Lipinski definition) is 2. The van der Waals surface area contributed by atoms with Gasteiger partial charge in [0.05, 0.1) is 0 Å². The van der Waals surface area contributed by atoms with Crippen LogP contribution in [-0.2, 0) is 4.79 Å². The van der Waals surface area contributed by atoms with E-state index in [9.17, 15) is 9.59 Å². The predicted octanol–water partition coefficient (Wildman–Crippen LogP) is 2.46. The lowest BCUT2D eigenvalue weighted by Gasteiger charge is -2.14. The molecule has 0 aliphatic rings. The Balaban J connectivity index is 1.96. The van der Waals surface area contributed by atoms with Gasteiger partial charge >= 0.3 is 0 Å². The minimum atomic E-state index is -0.656. The molecule has 0 fully saturated rings. The molecule has 0 spiro atoms. The number of anilines is 1. The second-order valence-electron chi connectivity index (χ2n) is 5.27. The molecular weight excluding hydrogens is 278 g/mol. The van der Waals surface area contributed by atoms with Gasteiger partial charge in [0.15, 0.2) is 0 Å². The van der Waals surface area contributed by atoms with Gasteiger partial charge < -0.3 is 10.6 Å². The summed E-state index contributed by atoms with van der Waals surface area (Å²) in [6.45, 7) is 5.47. The van der Waals surface area contributed by atoms with E-state index in [0.717, 1.165) is 11.1 Å². The van der Waals surface area contributed by atoms with E-state index in [1.165, 1.54) is 0 Å². The number of carbonyl (C=O) groups is 2. The Hall–Kier alpha value is -2.69. The third-order valence-electron chi connectivity index (χ3n) is 3.18. The van der Waals surface area contributed by atoms with Crippen molar-refractivity contribution >= 4 is 17.6 Å². The van der Waals surface area contributed by atoms with Gasteiger partial charge in [-0.15, -0.1) is 0 Å². The molecule has 1 unspecified atom stereocenters. The highest BCUT2D eigenvalue weighted by molar-refractivity contribution is 6.00. The van der Waals surface area contributed by atoms with Gasteiger partial charge in [-0.2, -0.15) is 0 Å². The van der Waals surface area contributed by atoms with E-state index >= 15 is 0 Å². The number of carbonyl (C=O) groups excluding carboxylic acids is 2. The van der Waals surface area contributed by atoms with Crippen LogP contribution in [0.4, 0.5) is 5.82 Å². The largest absolute Gasteiger partial charge is 0.341 e. The molecule has 0 saturated carbocycles. The summed E-state index contributed by atoms with van der Waals surface area (Å²) in [6, 6.07) is 10.1. The van der Waals surface area contributed by atoms with E-state index in [1.807, 2.05) is 32.0 Å². The number of nitrogens with one attached hydrogen (secondary N) is 2. The van der Waals surface area contributed by atoms with Crippen molar-refractivity contribution in [3.63, 3.8) is 0 Å². The summed E-state index contributed by atoms with van der Waals surface area (Å²) >= 11 is 0. The van der Waals surface area contributed by atoms with Crippen molar-refractivity contribution in [2.24, 2.45) is 0 Å². The molecule has 22 heavy (non-hydrogen) atoms. The molecule has 0 radical (unpaired) electrons. The van der Waals surface area contributed by atoms with Gasteiger partial charge in [-0.1, -0.05) is 23.8 Å². The van der Waals surface area contributed by atoms with Crippen LogP contribution in [0, 0.1) is 13.8 Å². The number of amides is 2. The first-order valence-electron chi connectivity index (χ1n) is 7.07. The third kappa shape index (κ3) is 4.15. The SMILES string of the molecule is Cc1ccc(NC(=O)C(C)NC(=O)c2cccc(C)c2)nc1. The number of aryl methyl sites for hydroxylation is 2. The van der Waals surface area contributed by atoms with Crippen molar-refractivity contribution in [2.45, 2.75) is 26.8 Å². The first-order valence-corrected chi connectivity index (χ1v) is 7.07. The lowest BCUT2D eigenvalue weighted by molar-refractivity contribution is -0.117. The average Bonchev–Trinajstić information content (AvgIpc) is 2.49. The fourth-order valence-electron chi connectivity index (χ4n) is 1.91. The zero-order valence-electron chi connectivity index (χ0n) is 12.9. The summed E-state index contributed by atoms with van der Waals surface area (Å²) in [6.07, 6.45) is 1.67. The van der Waals surface area contributed by atoms with E-state index in [-0.39, 0.29) is 11.8 Å². The van der Waals surface area contributed by atoms with Crippen molar-refractivity contribution in [2.75, 3.05) is 5.32 Å². The number of hydrogen-bond acceptors (Lipinski definition) is 3. The summed E-state index contributed by atoms with van der Waals surface area (Å²) in [5, 5.41) is 5.35. The average molecular weight is 297 g/mol. The van der Waals surface area contributed by atoms with Gasteiger partial charge in [0.25, 0.3) is 5.91 Å². The van der Waals surface area contributed by atoms with Gasteiger partial charge in [-0.05, 0) is 44.5 Å². The molecule has 0 aliphatic carbocycles. The molecule has 2 rings (SSSR count). The van der Waals surface area contributed by atoms with Crippen molar-refractivity contribution < 1.29 is 9.59 Å². The molecule has 2 amide bonds. The van der Waals surface area contributed by atoms with E-state index < -0.39 is 6.04 Å². The van der Waals surface area contributed by atoms with Crippen LogP contribution in [0.2, 0.25) is 0 Å². The lowest BCUT2D eigenvalue weighted by atomic mass is 10.1. The van der Waals surface area contributed by atoms with Crippen LogP contribution in [-0.4, -0.2) is 22.8 Å². The van der Waals surface area contributed by atoms with Crippen LogP contribution in [0.1, 0.15) is 28.4 Å². The molecule has 1 heterocycles. The summed E-state index contributed by atoms with van der Waals surface area (Å²) in [4.78, 5) is 28.3. The van der Waals surface area contributed by atoms with Crippen LogP contribution in [0.3, 0.4) is 0 Å². The first-order chi connectivity index (χ1) is 10.5. The number of nitrogens with zero attached hydrogens (tertiary/aromatic N) is 1. The third-order valence-corrected chi connectivity index (χ3v) is 3.18. The van der Waals surface area contributed by atoms with E-state index in [4.69, 9.17) is 0 Å². The highest BCUT2D eigenvalue weighted by Gasteiger charge is 2.17. The summed E-state index contributed by atoms with van der Waals surface area (Å²) in [7, 11) is 0. The van der Waals surface area contributed by atoms with Crippen molar-refractivity contribution in [1.29, 1.82) is 0 Å². The maximum atomic E-state index is 12.1. The van der Waals surface area contributed by atoms with Gasteiger partial charge in [0, 0.05) is 11.8 Å². The standard InChI is InChI=1S/C17H19N3O2/c1-11-5-4-6-14(9-11)17(22)19-13(3)16(21)20-15-8-7-12(2)10-18-15/h4-10,13H,1-3H3,(H,19,22)(H,18,20,21). The Labute approximate surface area is 129 Å². The van der Waals surface area contributed by atoms with Gasteiger partial charge in [-0.25, -0.2) is 4.98 Å². The summed E-state index contributed by atoms with van der Waals surface area (Å²) in [5.41, 5.74) is 2.54. The topological polar surface area (TPSA) is 71.1 Å². The molecule has 0 aliphatic heterocycles. The summed E-state index contributed by atoms with van der Waals surface area (Å²) in [5.74, 6) is -0.118. The maximum absolute atomic E-state index is 12.1. The summed E-state index contributed by atoms with van der Waals surface area (Å²) < 4.78 is 0. The van der Waals surface area contributed by atoms with Crippen LogP contribution in [0.5, 0.6) is 0 Å². The number of rotatable bonds is 4. The Bertz CT molecular complexity index is 681. The zero-order valence-corrected chi connectivity index (χ0v) is 12.9. The van der Waals surface area contributed by atoms with Gasteiger partial charge in [-0.3, -0.25) is 9.59 Å². The second kappa shape index (κ2) is 6.85. The molecule has 1 aromatic carbocycles. The van der Waals surface area contributed by atoms with Crippen molar-refractivity contribution in [3.05, 3.63) is 59.3 Å². The van der Waals surface area contributed by atoms with Crippen LogP contribution in [0.15, 0.2) is 42.6 Å². The molecule has 2 aromatic rings. The Morgan fingerprint density at radius 2 is 1.86 bits per heavy atom. The van der Waals surface area contributed by atoms with Crippen molar-refractivity contribution in [3.8, 4) is 0 Å². The van der Waals surface area contributed by atoms with E-state index in [1.54, 1.807) is 31.3 Å². The molecular formula is C17H19N3O2. The highest BCUT2D eigenvalue weighted by Crippen LogP contribution is 2.06. The molecule has 1 aromatic heterocycles. The predicted molar refractivity (Wildman–Crippen MR) is 85.7 cm³/mol. The second-order valence-corrected chi connectivity index (χ2v) is 5.27. The minimum absolute atomic E-state index is 0.275. The first kappa shape index (κ1) is 15.7. The fourth-order valence-corrected chi connectivity index (χ4v) is 1.91. The monoisotopic (exact) mass is 297 g/mol. The quantitative estimate of drug-likeness (QED) is 0.910. The fraction of sp³-hybridized carbons (Fsp3) is 0.235. The number of aromatic nitrogens is 1. The molecule has 5 nitrogen and oxygen atoms in total. The minimum Gasteiger partial charge on any atom is -0.341 e. The van der Waals surface area contributed by atoms with Crippen LogP contribution in [0.25, 0.3) is 0 Å². The van der Waals surface area contributed by atoms with Crippen molar-refractivity contribution in [1.82, 2.24) is 10.3 Å². The normalized spacial score (nSPS) is 11.6. The van der Waals surface area contributed by atoms with Crippen LogP contribution >= 0.6 is 0 Å². The number of pyridine rings is 1. The smallest absolute Gasteiger partial charge is 0.251 e. The highest BCUT2D eigenvalue weighted by atomic mass is 16.2. The Morgan fingerprint density at radius 3 is 2.50 bits per heavy atom. The van der Waals surface area contributed by atoms with E-state index in [2.05, 4.69) is 15.6 Å². The Kier molecular flexibility index (Phi) is 4.88. The molecule has 0 bridgehead atoms. The molecule has 5 heteroatoms. The zero-order chi connectivity index (χ0) is 16.1. The lowest BCUT2D eigenvalue weighted by Crippen LogP contribution is -2.41. The van der Waals surface area contributed by atoms with Crippen LogP contribution < -0.4 is 10.6 Å². The Morgan fingerprint density at radius 1 is 1.09 bits per heavy atom. The molecule has 0 saturated heterocycles. The maximum Gasteiger partial charge on any atom is 0.251 e. The number of benzene rings is 1. The molecule has 2 N–H and O–H groups in total. The van der Waals surface area contributed by atoms with E-state index in [0.29, 0.717) is 11.4 Å². The molecule has 1 atom stereocenters. The van der Waals surface area contributed by atoms with Gasteiger partial charge in [0.2, 0.25) is 5.91 Å². The van der Waals surface area contributed by atoms with Gasteiger partial charge in [0.1, 0.15) is 11.9 Å².